The van der Waals surface area contributed by atoms with Crippen LogP contribution in [-0.4, -0.2) is 37.9 Å². The van der Waals surface area contributed by atoms with Crippen LogP contribution in [0.4, 0.5) is 10.9 Å². The van der Waals surface area contributed by atoms with Gasteiger partial charge in [0.25, 0.3) is 0 Å². The number of aromatic nitrogens is 4. The van der Waals surface area contributed by atoms with Gasteiger partial charge in [0, 0.05) is 47.7 Å². The minimum Gasteiger partial charge on any atom is -0.316 e. The normalized spacial score (nSPS) is 15.5. The molecule has 0 spiro atoms. The number of piperidine rings is 1. The van der Waals surface area contributed by atoms with Gasteiger partial charge in [0.2, 0.25) is 0 Å². The molecule has 1 aliphatic rings. The average molecular weight is 409 g/mol. The van der Waals surface area contributed by atoms with E-state index in [1.165, 1.54) is 23.3 Å². The molecule has 0 amide bonds. The summed E-state index contributed by atoms with van der Waals surface area (Å²) in [6.07, 6.45) is 10.2. The average Bonchev–Trinajstić information content (AvgIpc) is 3.15. The van der Waals surface area contributed by atoms with E-state index in [0.717, 1.165) is 54.9 Å². The minimum atomic E-state index is 0.690. The highest BCUT2D eigenvalue weighted by Gasteiger charge is 2.20. The number of anilines is 2. The molecule has 0 atom stereocenters. The van der Waals surface area contributed by atoms with Crippen LogP contribution < -0.4 is 5.32 Å². The molecule has 1 saturated heterocycles. The monoisotopic (exact) mass is 408 g/mol. The van der Waals surface area contributed by atoms with E-state index in [-0.39, 0.29) is 0 Å². The third-order valence-electron chi connectivity index (χ3n) is 5.35. The van der Waals surface area contributed by atoms with Gasteiger partial charge in [-0.15, -0.1) is 11.3 Å². The van der Waals surface area contributed by atoms with Crippen molar-refractivity contribution in [2.75, 3.05) is 18.4 Å². The Hall–Kier alpha value is -2.38. The Kier molecular flexibility index (Phi) is 6.46. The predicted molar refractivity (Wildman–Crippen MR) is 117 cm³/mol. The van der Waals surface area contributed by atoms with Crippen molar-refractivity contribution in [2.24, 2.45) is 5.92 Å². The Morgan fingerprint density at radius 2 is 1.90 bits per heavy atom. The summed E-state index contributed by atoms with van der Waals surface area (Å²) in [5, 5.41) is 4.22. The Bertz CT molecular complexity index is 915. The van der Waals surface area contributed by atoms with Gasteiger partial charge in [0.15, 0.2) is 5.13 Å². The Morgan fingerprint density at radius 3 is 2.59 bits per heavy atom. The molecule has 0 aliphatic carbocycles. The van der Waals surface area contributed by atoms with Crippen LogP contribution in [-0.2, 0) is 19.4 Å². The Labute approximate surface area is 176 Å². The maximum Gasteiger partial charge on any atom is 0.188 e. The zero-order valence-corrected chi connectivity index (χ0v) is 18.0. The van der Waals surface area contributed by atoms with Crippen LogP contribution in [0.5, 0.6) is 0 Å². The van der Waals surface area contributed by atoms with Crippen LogP contribution in [0.2, 0.25) is 0 Å². The largest absolute Gasteiger partial charge is 0.316 e. The standard InChI is InChI=1S/C22H28N6S/c1-3-20-23-13-18(14-24-20)15-28-9-7-17(8-10-28)11-19-5-4-6-21(26-19)27-22-25-12-16(2)29-22/h4-6,12-14,17H,3,7-11,15H2,1-2H3,(H,25,26,27). The van der Waals surface area contributed by atoms with Crippen LogP contribution in [0.1, 0.15) is 41.7 Å². The van der Waals surface area contributed by atoms with Crippen LogP contribution in [0, 0.1) is 12.8 Å². The molecule has 1 N–H and O–H groups in total. The van der Waals surface area contributed by atoms with E-state index in [0.29, 0.717) is 5.92 Å². The molecule has 7 heteroatoms. The van der Waals surface area contributed by atoms with Gasteiger partial charge < -0.3 is 5.32 Å². The number of thiazole rings is 1. The predicted octanol–water partition coefficient (Wildman–Crippen LogP) is 4.40. The van der Waals surface area contributed by atoms with Crippen molar-refractivity contribution in [3.8, 4) is 0 Å². The summed E-state index contributed by atoms with van der Waals surface area (Å²) in [5.41, 5.74) is 2.36. The first kappa shape index (κ1) is 19.9. The fourth-order valence-electron chi connectivity index (χ4n) is 3.73. The summed E-state index contributed by atoms with van der Waals surface area (Å²) in [4.78, 5) is 21.7. The van der Waals surface area contributed by atoms with E-state index in [2.05, 4.69) is 51.1 Å². The van der Waals surface area contributed by atoms with E-state index >= 15 is 0 Å². The second-order valence-corrected chi connectivity index (χ2v) is 8.93. The lowest BCUT2D eigenvalue weighted by molar-refractivity contribution is 0.176. The number of aryl methyl sites for hydroxylation is 2. The summed E-state index contributed by atoms with van der Waals surface area (Å²) in [7, 11) is 0. The molecule has 6 nitrogen and oxygen atoms in total. The first-order chi connectivity index (χ1) is 14.2. The van der Waals surface area contributed by atoms with Crippen LogP contribution in [0.25, 0.3) is 0 Å². The number of likely N-dealkylation sites (tertiary alicyclic amines) is 1. The Balaban J connectivity index is 1.27. The summed E-state index contributed by atoms with van der Waals surface area (Å²) in [5.74, 6) is 2.49. The maximum absolute atomic E-state index is 4.80. The van der Waals surface area contributed by atoms with Crippen molar-refractivity contribution in [1.82, 2.24) is 24.8 Å². The van der Waals surface area contributed by atoms with Crippen molar-refractivity contribution in [1.29, 1.82) is 0 Å². The molecule has 29 heavy (non-hydrogen) atoms. The van der Waals surface area contributed by atoms with Gasteiger partial charge in [-0.05, 0) is 57.3 Å². The topological polar surface area (TPSA) is 66.8 Å². The third kappa shape index (κ3) is 5.58. The molecule has 1 fully saturated rings. The molecule has 0 saturated carbocycles. The third-order valence-corrected chi connectivity index (χ3v) is 6.18. The van der Waals surface area contributed by atoms with E-state index in [4.69, 9.17) is 4.98 Å². The van der Waals surface area contributed by atoms with Crippen molar-refractivity contribution >= 4 is 22.3 Å². The van der Waals surface area contributed by atoms with Gasteiger partial charge in [-0.3, -0.25) is 4.90 Å². The minimum absolute atomic E-state index is 0.690. The fraction of sp³-hybridized carbons (Fsp3) is 0.455. The molecule has 4 rings (SSSR count). The SMILES string of the molecule is CCc1ncc(CN2CCC(Cc3cccc(Nc4ncc(C)s4)n3)CC2)cn1. The molecule has 3 aromatic rings. The number of rotatable bonds is 7. The molecule has 0 unspecified atom stereocenters. The van der Waals surface area contributed by atoms with E-state index < -0.39 is 0 Å². The molecular formula is C22H28N6S. The van der Waals surface area contributed by atoms with Crippen molar-refractivity contribution in [2.45, 2.75) is 46.1 Å². The molecule has 4 heterocycles. The number of nitrogens with zero attached hydrogens (tertiary/aromatic N) is 5. The zero-order valence-electron chi connectivity index (χ0n) is 17.1. The van der Waals surface area contributed by atoms with E-state index in [1.54, 1.807) is 11.3 Å². The Morgan fingerprint density at radius 1 is 1.10 bits per heavy atom. The van der Waals surface area contributed by atoms with Crippen molar-refractivity contribution < 1.29 is 0 Å². The number of hydrogen-bond donors (Lipinski definition) is 1. The smallest absolute Gasteiger partial charge is 0.188 e. The number of nitrogens with one attached hydrogen (secondary N) is 1. The van der Waals surface area contributed by atoms with Crippen molar-refractivity contribution in [3.63, 3.8) is 0 Å². The van der Waals surface area contributed by atoms with E-state index in [9.17, 15) is 0 Å². The highest BCUT2D eigenvalue weighted by atomic mass is 32.1. The first-order valence-electron chi connectivity index (χ1n) is 10.4. The lowest BCUT2D eigenvalue weighted by atomic mass is 9.92. The summed E-state index contributed by atoms with van der Waals surface area (Å²) >= 11 is 1.65. The fourth-order valence-corrected chi connectivity index (χ4v) is 4.40. The lowest BCUT2D eigenvalue weighted by Gasteiger charge is -2.31. The van der Waals surface area contributed by atoms with Crippen molar-refractivity contribution in [3.05, 3.63) is 58.7 Å². The maximum atomic E-state index is 4.80. The molecule has 3 aromatic heterocycles. The lowest BCUT2D eigenvalue weighted by Crippen LogP contribution is -2.34. The molecule has 0 bridgehead atoms. The van der Waals surface area contributed by atoms with Gasteiger partial charge in [-0.25, -0.2) is 19.9 Å². The summed E-state index contributed by atoms with van der Waals surface area (Å²) < 4.78 is 0. The summed E-state index contributed by atoms with van der Waals surface area (Å²) in [6, 6.07) is 6.23. The molecule has 1 aliphatic heterocycles. The van der Waals surface area contributed by atoms with Crippen LogP contribution in [0.3, 0.4) is 0 Å². The highest BCUT2D eigenvalue weighted by molar-refractivity contribution is 7.15. The molecule has 0 aromatic carbocycles. The second kappa shape index (κ2) is 9.41. The van der Waals surface area contributed by atoms with Gasteiger partial charge in [-0.1, -0.05) is 13.0 Å². The molecule has 152 valence electrons. The quantitative estimate of drug-likeness (QED) is 0.625. The number of hydrogen-bond acceptors (Lipinski definition) is 7. The molecular weight excluding hydrogens is 380 g/mol. The van der Waals surface area contributed by atoms with Gasteiger partial charge in [-0.2, -0.15) is 0 Å². The van der Waals surface area contributed by atoms with E-state index in [1.807, 2.05) is 24.7 Å². The van der Waals surface area contributed by atoms with Gasteiger partial charge in [0.1, 0.15) is 11.6 Å². The number of pyridine rings is 1. The van der Waals surface area contributed by atoms with Crippen LogP contribution >= 0.6 is 11.3 Å². The first-order valence-corrected chi connectivity index (χ1v) is 11.2. The highest BCUT2D eigenvalue weighted by Crippen LogP contribution is 2.24. The van der Waals surface area contributed by atoms with Gasteiger partial charge in [0.05, 0.1) is 0 Å². The zero-order chi connectivity index (χ0) is 20.1. The van der Waals surface area contributed by atoms with Gasteiger partial charge >= 0.3 is 0 Å². The summed E-state index contributed by atoms with van der Waals surface area (Å²) in [6.45, 7) is 7.33. The second-order valence-electron chi connectivity index (χ2n) is 7.70. The van der Waals surface area contributed by atoms with Crippen LogP contribution in [0.15, 0.2) is 36.8 Å². The molecule has 0 radical (unpaired) electrons.